The molecule has 0 aliphatic carbocycles. The monoisotopic (exact) mass is 373 g/mol. The van der Waals surface area contributed by atoms with Gasteiger partial charge in [0.05, 0.1) is 24.2 Å². The van der Waals surface area contributed by atoms with Crippen LogP contribution in [0, 0.1) is 11.3 Å². The highest BCUT2D eigenvalue weighted by molar-refractivity contribution is 7.10. The minimum atomic E-state index is -0.0651. The van der Waals surface area contributed by atoms with Gasteiger partial charge < -0.3 is 5.32 Å². The van der Waals surface area contributed by atoms with Crippen LogP contribution >= 0.6 is 11.3 Å². The minimum Gasteiger partial charge on any atom is -0.325 e. The zero-order valence-corrected chi connectivity index (χ0v) is 15.6. The Kier molecular flexibility index (Phi) is 5.01. The van der Waals surface area contributed by atoms with Crippen molar-refractivity contribution in [2.75, 3.05) is 18.4 Å². The van der Waals surface area contributed by atoms with Gasteiger partial charge in [-0.15, -0.1) is 11.3 Å². The molecule has 0 bridgehead atoms. The number of nitrogens with one attached hydrogen (secondary N) is 1. The van der Waals surface area contributed by atoms with Crippen molar-refractivity contribution in [2.45, 2.75) is 12.5 Å². The zero-order chi connectivity index (χ0) is 18.6. The molecule has 3 aromatic rings. The van der Waals surface area contributed by atoms with E-state index in [-0.39, 0.29) is 11.9 Å². The molecule has 134 valence electrons. The Balaban J connectivity index is 1.55. The Labute approximate surface area is 162 Å². The number of hydrogen-bond donors (Lipinski definition) is 1. The molecule has 2 heterocycles. The summed E-state index contributed by atoms with van der Waals surface area (Å²) in [5, 5.41) is 14.1. The van der Waals surface area contributed by atoms with E-state index in [1.807, 2.05) is 18.2 Å². The highest BCUT2D eigenvalue weighted by Gasteiger charge is 2.30. The van der Waals surface area contributed by atoms with Crippen LogP contribution < -0.4 is 5.32 Å². The van der Waals surface area contributed by atoms with Crippen LogP contribution in [-0.2, 0) is 11.2 Å². The van der Waals surface area contributed by atoms with Gasteiger partial charge >= 0.3 is 0 Å². The first kappa shape index (κ1) is 17.5. The van der Waals surface area contributed by atoms with Crippen molar-refractivity contribution in [3.63, 3.8) is 0 Å². The van der Waals surface area contributed by atoms with Gasteiger partial charge in [-0.05, 0) is 47.2 Å². The van der Waals surface area contributed by atoms with E-state index in [2.05, 4.69) is 39.9 Å². The van der Waals surface area contributed by atoms with Crippen LogP contribution in [0.15, 0.2) is 66.0 Å². The number of thiophene rings is 1. The van der Waals surface area contributed by atoms with Gasteiger partial charge in [0, 0.05) is 17.1 Å². The van der Waals surface area contributed by atoms with E-state index in [0.717, 1.165) is 13.0 Å². The van der Waals surface area contributed by atoms with Crippen molar-refractivity contribution < 1.29 is 4.79 Å². The lowest BCUT2D eigenvalue weighted by molar-refractivity contribution is -0.117. The SMILES string of the molecule is N#Cc1cccc(NC(=O)CN2CCc3sccc3C2c2ccccc2)c1. The summed E-state index contributed by atoms with van der Waals surface area (Å²) in [6.45, 7) is 1.16. The second-order valence-electron chi connectivity index (χ2n) is 6.57. The molecule has 1 amide bonds. The molecule has 4 rings (SSSR count). The fraction of sp³-hybridized carbons (Fsp3) is 0.182. The third-order valence-electron chi connectivity index (χ3n) is 4.80. The average Bonchev–Trinajstić information content (AvgIpc) is 3.17. The largest absolute Gasteiger partial charge is 0.325 e. The van der Waals surface area contributed by atoms with Crippen LogP contribution in [0.1, 0.15) is 27.6 Å². The van der Waals surface area contributed by atoms with Gasteiger partial charge in [-0.25, -0.2) is 0 Å². The number of benzene rings is 2. The molecule has 0 saturated heterocycles. The number of nitrogens with zero attached hydrogens (tertiary/aromatic N) is 2. The zero-order valence-electron chi connectivity index (χ0n) is 14.8. The Bertz CT molecular complexity index is 990. The number of amides is 1. The Morgan fingerprint density at radius 2 is 2.04 bits per heavy atom. The number of fused-ring (bicyclic) bond motifs is 1. The molecule has 0 fully saturated rings. The lowest BCUT2D eigenvalue weighted by Gasteiger charge is -2.35. The predicted molar refractivity (Wildman–Crippen MR) is 108 cm³/mol. The normalized spacial score (nSPS) is 16.3. The predicted octanol–water partition coefficient (Wildman–Crippen LogP) is 4.21. The molecule has 0 spiro atoms. The molecular formula is C22H19N3OS. The first-order chi connectivity index (χ1) is 13.2. The minimum absolute atomic E-state index is 0.0651. The van der Waals surface area contributed by atoms with E-state index in [9.17, 15) is 4.79 Å². The number of hydrogen-bond acceptors (Lipinski definition) is 4. The van der Waals surface area contributed by atoms with Crippen molar-refractivity contribution >= 4 is 22.9 Å². The highest BCUT2D eigenvalue weighted by Crippen LogP contribution is 2.37. The molecular weight excluding hydrogens is 354 g/mol. The molecule has 0 radical (unpaired) electrons. The quantitative estimate of drug-likeness (QED) is 0.745. The number of rotatable bonds is 4. The maximum atomic E-state index is 12.7. The van der Waals surface area contributed by atoms with E-state index in [1.165, 1.54) is 16.0 Å². The lowest BCUT2D eigenvalue weighted by Crippen LogP contribution is -2.40. The standard InChI is InChI=1S/C22H19N3OS/c23-14-16-5-4-8-18(13-16)24-21(26)15-25-11-9-20-19(10-12-27-20)22(25)17-6-2-1-3-7-17/h1-8,10,12-13,22H,9,11,15H2,(H,24,26). The summed E-state index contributed by atoms with van der Waals surface area (Å²) in [6, 6.07) is 21.7. The van der Waals surface area contributed by atoms with E-state index in [1.54, 1.807) is 35.6 Å². The molecule has 1 N–H and O–H groups in total. The summed E-state index contributed by atoms with van der Waals surface area (Å²) in [5.41, 5.74) is 3.70. The first-order valence-corrected chi connectivity index (χ1v) is 9.78. The van der Waals surface area contributed by atoms with E-state index in [0.29, 0.717) is 17.8 Å². The van der Waals surface area contributed by atoms with Crippen LogP contribution in [-0.4, -0.2) is 23.9 Å². The maximum absolute atomic E-state index is 12.7. The van der Waals surface area contributed by atoms with E-state index < -0.39 is 0 Å². The fourth-order valence-corrected chi connectivity index (χ4v) is 4.52. The van der Waals surface area contributed by atoms with Gasteiger partial charge in [-0.3, -0.25) is 9.69 Å². The van der Waals surface area contributed by atoms with Crippen molar-refractivity contribution in [2.24, 2.45) is 0 Å². The van der Waals surface area contributed by atoms with Crippen LogP contribution in [0.4, 0.5) is 5.69 Å². The van der Waals surface area contributed by atoms with Crippen molar-refractivity contribution in [1.82, 2.24) is 4.90 Å². The summed E-state index contributed by atoms with van der Waals surface area (Å²) in [7, 11) is 0. The van der Waals surface area contributed by atoms with Crippen LogP contribution in [0.3, 0.4) is 0 Å². The molecule has 1 unspecified atom stereocenters. The Hall–Kier alpha value is -2.94. The second-order valence-corrected chi connectivity index (χ2v) is 7.57. The van der Waals surface area contributed by atoms with Gasteiger partial charge in [0.1, 0.15) is 0 Å². The average molecular weight is 373 g/mol. The third kappa shape index (κ3) is 3.77. The molecule has 1 atom stereocenters. The second kappa shape index (κ2) is 7.75. The van der Waals surface area contributed by atoms with Crippen LogP contribution in [0.2, 0.25) is 0 Å². The molecule has 5 heteroatoms. The van der Waals surface area contributed by atoms with Crippen molar-refractivity contribution in [1.29, 1.82) is 5.26 Å². The topological polar surface area (TPSA) is 56.1 Å². The van der Waals surface area contributed by atoms with Crippen molar-refractivity contribution in [3.05, 3.63) is 87.6 Å². The lowest BCUT2D eigenvalue weighted by atomic mass is 9.93. The van der Waals surface area contributed by atoms with Gasteiger partial charge in [0.2, 0.25) is 5.91 Å². The molecule has 1 aromatic heterocycles. The Morgan fingerprint density at radius 3 is 2.85 bits per heavy atom. The summed E-state index contributed by atoms with van der Waals surface area (Å²) in [4.78, 5) is 16.3. The highest BCUT2D eigenvalue weighted by atomic mass is 32.1. The van der Waals surface area contributed by atoms with Crippen LogP contribution in [0.25, 0.3) is 0 Å². The number of anilines is 1. The summed E-state index contributed by atoms with van der Waals surface area (Å²) >= 11 is 1.79. The summed E-state index contributed by atoms with van der Waals surface area (Å²) < 4.78 is 0. The van der Waals surface area contributed by atoms with Crippen molar-refractivity contribution in [3.8, 4) is 6.07 Å². The number of nitriles is 1. The molecule has 0 saturated carbocycles. The van der Waals surface area contributed by atoms with Gasteiger partial charge in [0.25, 0.3) is 0 Å². The third-order valence-corrected chi connectivity index (χ3v) is 5.80. The molecule has 27 heavy (non-hydrogen) atoms. The summed E-state index contributed by atoms with van der Waals surface area (Å²) in [5.74, 6) is -0.0651. The maximum Gasteiger partial charge on any atom is 0.238 e. The van der Waals surface area contributed by atoms with Gasteiger partial charge in [-0.1, -0.05) is 36.4 Å². The summed E-state index contributed by atoms with van der Waals surface area (Å²) in [6.07, 6.45) is 0.966. The number of carbonyl (C=O) groups excluding carboxylic acids is 1. The van der Waals surface area contributed by atoms with Crippen LogP contribution in [0.5, 0.6) is 0 Å². The fourth-order valence-electron chi connectivity index (χ4n) is 3.62. The van der Waals surface area contributed by atoms with Gasteiger partial charge in [-0.2, -0.15) is 5.26 Å². The Morgan fingerprint density at radius 1 is 1.19 bits per heavy atom. The smallest absolute Gasteiger partial charge is 0.238 e. The molecule has 1 aliphatic rings. The molecule has 4 nitrogen and oxygen atoms in total. The van der Waals surface area contributed by atoms with E-state index in [4.69, 9.17) is 5.26 Å². The molecule has 1 aliphatic heterocycles. The first-order valence-electron chi connectivity index (χ1n) is 8.90. The molecule has 2 aromatic carbocycles. The van der Waals surface area contributed by atoms with Gasteiger partial charge in [0.15, 0.2) is 0 Å². The van der Waals surface area contributed by atoms with E-state index >= 15 is 0 Å². The number of carbonyl (C=O) groups is 1.